The first kappa shape index (κ1) is 22.8. The summed E-state index contributed by atoms with van der Waals surface area (Å²) < 4.78 is 11.1. The fraction of sp³-hybridized carbons (Fsp3) is 0.280. The summed E-state index contributed by atoms with van der Waals surface area (Å²) in [6.07, 6.45) is 5.34. The van der Waals surface area contributed by atoms with Gasteiger partial charge in [0.2, 0.25) is 11.9 Å². The lowest BCUT2D eigenvalue weighted by Crippen LogP contribution is -2.35. The van der Waals surface area contributed by atoms with E-state index in [1.807, 2.05) is 30.5 Å². The highest BCUT2D eigenvalue weighted by Gasteiger charge is 2.14. The van der Waals surface area contributed by atoms with Crippen molar-refractivity contribution >= 4 is 34.1 Å². The van der Waals surface area contributed by atoms with E-state index in [2.05, 4.69) is 36.8 Å². The average molecular weight is 474 g/mol. The molecule has 1 fully saturated rings. The summed E-state index contributed by atoms with van der Waals surface area (Å²) >= 11 is 0. The third-order valence-corrected chi connectivity index (χ3v) is 5.79. The first-order chi connectivity index (χ1) is 17.1. The van der Waals surface area contributed by atoms with Crippen LogP contribution in [0.1, 0.15) is 12.5 Å². The molecule has 0 radical (unpaired) electrons. The maximum atomic E-state index is 11.7. The Labute approximate surface area is 202 Å². The second kappa shape index (κ2) is 10.1. The molecule has 180 valence electrons. The monoisotopic (exact) mass is 473 g/mol. The SMILES string of the molecule is COc1cc2nc(Nc3cc(CN4CCOCC4)cc(NC(C)=O)c3)ncc2cc1-c1cn[nH]c1. The number of anilines is 3. The van der Waals surface area contributed by atoms with Crippen LogP contribution in [0.5, 0.6) is 5.75 Å². The van der Waals surface area contributed by atoms with E-state index in [0.29, 0.717) is 11.7 Å². The number of carbonyl (C=O) groups is 1. The van der Waals surface area contributed by atoms with Crippen LogP contribution in [0.2, 0.25) is 0 Å². The van der Waals surface area contributed by atoms with Crippen LogP contribution in [-0.4, -0.2) is 64.4 Å². The lowest BCUT2D eigenvalue weighted by atomic mass is 10.1. The molecule has 3 heterocycles. The molecule has 10 nitrogen and oxygen atoms in total. The molecule has 1 saturated heterocycles. The first-order valence-electron chi connectivity index (χ1n) is 11.4. The van der Waals surface area contributed by atoms with Crippen LogP contribution < -0.4 is 15.4 Å². The van der Waals surface area contributed by atoms with Crippen molar-refractivity contribution in [3.05, 3.63) is 54.5 Å². The third-order valence-electron chi connectivity index (χ3n) is 5.79. The number of H-pyrrole nitrogens is 1. The molecule has 0 spiro atoms. The van der Waals surface area contributed by atoms with E-state index >= 15 is 0 Å². The number of fused-ring (bicyclic) bond motifs is 1. The van der Waals surface area contributed by atoms with Gasteiger partial charge in [-0.3, -0.25) is 14.8 Å². The van der Waals surface area contributed by atoms with Gasteiger partial charge in [-0.25, -0.2) is 9.97 Å². The highest BCUT2D eigenvalue weighted by molar-refractivity contribution is 5.90. The summed E-state index contributed by atoms with van der Waals surface area (Å²) in [5.74, 6) is 1.03. The third kappa shape index (κ3) is 5.39. The van der Waals surface area contributed by atoms with Crippen molar-refractivity contribution in [2.45, 2.75) is 13.5 Å². The van der Waals surface area contributed by atoms with Crippen LogP contribution in [0.4, 0.5) is 17.3 Å². The minimum Gasteiger partial charge on any atom is -0.496 e. The van der Waals surface area contributed by atoms with Gasteiger partial charge in [0.05, 0.1) is 32.0 Å². The number of benzene rings is 2. The zero-order chi connectivity index (χ0) is 24.2. The highest BCUT2D eigenvalue weighted by atomic mass is 16.5. The van der Waals surface area contributed by atoms with Gasteiger partial charge in [0.1, 0.15) is 5.75 Å². The number of morpholine rings is 1. The smallest absolute Gasteiger partial charge is 0.227 e. The summed E-state index contributed by atoms with van der Waals surface area (Å²) in [5.41, 5.74) is 5.17. The molecule has 3 N–H and O–H groups in total. The standard InChI is InChI=1S/C25H27N7O3/c1-16(33)29-20-7-17(15-32-3-5-35-6-4-32)8-21(10-20)30-25-26-12-18-9-22(19-13-27-28-14-19)24(34-2)11-23(18)31-25/h7-14H,3-6,15H2,1-2H3,(H,27,28)(H,29,33)(H,26,30,31). The number of methoxy groups -OCH3 is 1. The van der Waals surface area contributed by atoms with Crippen molar-refractivity contribution < 1.29 is 14.3 Å². The predicted octanol–water partition coefficient (Wildman–Crippen LogP) is 3.56. The van der Waals surface area contributed by atoms with Gasteiger partial charge >= 0.3 is 0 Å². The van der Waals surface area contributed by atoms with Crippen LogP contribution in [0, 0.1) is 0 Å². The normalized spacial score (nSPS) is 14.1. The number of carbonyl (C=O) groups excluding carboxylic acids is 1. The predicted molar refractivity (Wildman–Crippen MR) is 134 cm³/mol. The Balaban J connectivity index is 1.44. The van der Waals surface area contributed by atoms with Gasteiger partial charge in [0, 0.05) is 72.9 Å². The number of nitrogens with one attached hydrogen (secondary N) is 3. The maximum absolute atomic E-state index is 11.7. The zero-order valence-electron chi connectivity index (χ0n) is 19.7. The van der Waals surface area contributed by atoms with E-state index in [4.69, 9.17) is 14.5 Å². The first-order valence-corrected chi connectivity index (χ1v) is 11.4. The van der Waals surface area contributed by atoms with Crippen molar-refractivity contribution in [3.8, 4) is 16.9 Å². The van der Waals surface area contributed by atoms with Gasteiger partial charge in [-0.2, -0.15) is 5.10 Å². The fourth-order valence-electron chi connectivity index (χ4n) is 4.19. The van der Waals surface area contributed by atoms with Gasteiger partial charge in [-0.05, 0) is 29.8 Å². The topological polar surface area (TPSA) is 117 Å². The van der Waals surface area contributed by atoms with Gasteiger partial charge in [-0.15, -0.1) is 0 Å². The number of hydrogen-bond donors (Lipinski definition) is 3. The van der Waals surface area contributed by atoms with Crippen molar-refractivity contribution in [1.29, 1.82) is 0 Å². The molecule has 2 aromatic heterocycles. The molecule has 35 heavy (non-hydrogen) atoms. The van der Waals surface area contributed by atoms with E-state index in [0.717, 1.165) is 71.8 Å². The Bertz CT molecular complexity index is 1330. The maximum Gasteiger partial charge on any atom is 0.227 e. The average Bonchev–Trinajstić information content (AvgIpc) is 3.38. The van der Waals surface area contributed by atoms with Gasteiger partial charge in [-0.1, -0.05) is 0 Å². The Morgan fingerprint density at radius 2 is 1.97 bits per heavy atom. The molecular formula is C25H27N7O3. The molecule has 10 heteroatoms. The van der Waals surface area contributed by atoms with Crippen molar-refractivity contribution in [1.82, 2.24) is 25.1 Å². The molecule has 4 aromatic rings. The fourth-order valence-corrected chi connectivity index (χ4v) is 4.19. The Morgan fingerprint density at radius 3 is 2.71 bits per heavy atom. The summed E-state index contributed by atoms with van der Waals surface area (Å²) in [7, 11) is 1.63. The quantitative estimate of drug-likeness (QED) is 0.373. The molecule has 2 aromatic carbocycles. The summed E-state index contributed by atoms with van der Waals surface area (Å²) in [5, 5.41) is 13.9. The number of rotatable bonds is 7. The second-order valence-corrected chi connectivity index (χ2v) is 8.41. The molecule has 5 rings (SSSR count). The van der Waals surface area contributed by atoms with E-state index in [-0.39, 0.29) is 5.91 Å². The lowest BCUT2D eigenvalue weighted by molar-refractivity contribution is -0.114. The molecule has 0 atom stereocenters. The van der Waals surface area contributed by atoms with Crippen molar-refractivity contribution in [2.24, 2.45) is 0 Å². The molecule has 0 bridgehead atoms. The van der Waals surface area contributed by atoms with E-state index in [1.54, 1.807) is 19.5 Å². The van der Waals surface area contributed by atoms with Gasteiger partial charge < -0.3 is 20.1 Å². The minimum absolute atomic E-state index is 0.123. The molecule has 1 aliphatic rings. The van der Waals surface area contributed by atoms with E-state index < -0.39 is 0 Å². The van der Waals surface area contributed by atoms with Crippen LogP contribution >= 0.6 is 0 Å². The number of hydrogen-bond acceptors (Lipinski definition) is 8. The van der Waals surface area contributed by atoms with Crippen molar-refractivity contribution in [3.63, 3.8) is 0 Å². The van der Waals surface area contributed by atoms with Gasteiger partial charge in [0.25, 0.3) is 0 Å². The van der Waals surface area contributed by atoms with Gasteiger partial charge in [0.15, 0.2) is 0 Å². The Morgan fingerprint density at radius 1 is 1.14 bits per heavy atom. The molecule has 0 aliphatic carbocycles. The van der Waals surface area contributed by atoms with Crippen LogP contribution in [-0.2, 0) is 16.1 Å². The zero-order valence-corrected chi connectivity index (χ0v) is 19.7. The Kier molecular flexibility index (Phi) is 6.55. The molecule has 0 unspecified atom stereocenters. The van der Waals surface area contributed by atoms with Crippen molar-refractivity contribution in [2.75, 3.05) is 44.0 Å². The number of amides is 1. The van der Waals surface area contributed by atoms with Crippen LogP contribution in [0.25, 0.3) is 22.0 Å². The van der Waals surface area contributed by atoms with E-state index in [9.17, 15) is 4.79 Å². The minimum atomic E-state index is -0.123. The molecule has 1 aliphatic heterocycles. The van der Waals surface area contributed by atoms with E-state index in [1.165, 1.54) is 6.92 Å². The molecular weight excluding hydrogens is 446 g/mol. The Hall–Kier alpha value is -4.02. The second-order valence-electron chi connectivity index (χ2n) is 8.41. The number of nitrogens with zero attached hydrogens (tertiary/aromatic N) is 4. The number of aromatic nitrogens is 4. The molecule has 0 saturated carbocycles. The largest absolute Gasteiger partial charge is 0.496 e. The summed E-state index contributed by atoms with van der Waals surface area (Å²) in [6, 6.07) is 9.80. The summed E-state index contributed by atoms with van der Waals surface area (Å²) in [4.78, 5) is 23.2. The van der Waals surface area contributed by atoms with Crippen LogP contribution in [0.3, 0.4) is 0 Å². The lowest BCUT2D eigenvalue weighted by Gasteiger charge is -2.27. The van der Waals surface area contributed by atoms with Crippen LogP contribution in [0.15, 0.2) is 48.9 Å². The number of ether oxygens (including phenoxy) is 2. The highest BCUT2D eigenvalue weighted by Crippen LogP contribution is 2.33. The summed E-state index contributed by atoms with van der Waals surface area (Å²) in [6.45, 7) is 5.48. The molecule has 1 amide bonds. The number of aromatic amines is 1.